The van der Waals surface area contributed by atoms with Crippen LogP contribution in [-0.4, -0.2) is 37.2 Å². The normalized spacial score (nSPS) is 12.9. The zero-order chi connectivity index (χ0) is 57.8. The first-order valence-electron chi connectivity index (χ1n) is 33.5. The van der Waals surface area contributed by atoms with E-state index in [0.29, 0.717) is 19.3 Å². The number of esters is 3. The summed E-state index contributed by atoms with van der Waals surface area (Å²) in [5.74, 6) is -0.882. The number of rotatable bonds is 60. The van der Waals surface area contributed by atoms with Gasteiger partial charge in [0.05, 0.1) is 0 Å². The van der Waals surface area contributed by atoms with Crippen LogP contribution in [0.1, 0.15) is 310 Å². The van der Waals surface area contributed by atoms with Crippen LogP contribution in [0.15, 0.2) is 122 Å². The van der Waals surface area contributed by atoms with Gasteiger partial charge in [0.2, 0.25) is 0 Å². The van der Waals surface area contributed by atoms with Crippen LogP contribution < -0.4 is 0 Å². The Bertz CT molecular complexity index is 1650. The first-order valence-corrected chi connectivity index (χ1v) is 33.5. The molecule has 6 nitrogen and oxygen atoms in total. The molecule has 0 saturated carbocycles. The Morgan fingerprint density at radius 3 is 0.762 bits per heavy atom. The summed E-state index contributed by atoms with van der Waals surface area (Å²) >= 11 is 0. The van der Waals surface area contributed by atoms with E-state index in [9.17, 15) is 14.4 Å². The van der Waals surface area contributed by atoms with Gasteiger partial charge in [-0.3, -0.25) is 14.4 Å². The van der Waals surface area contributed by atoms with Gasteiger partial charge in [0, 0.05) is 19.3 Å². The standard InChI is InChI=1S/C74H124O6/c1-4-7-10-13-16-19-21-23-25-27-29-31-33-35-37-39-41-43-45-47-49-51-53-55-58-61-64-67-73(76)79-70-71(69-78-72(75)66-63-60-57-18-15-12-9-6-3)80-74(77)68-65-62-59-56-54-52-50-48-46-44-42-40-38-36-34-32-30-28-26-24-22-20-17-14-11-8-5-2/h7-8,10-11,16-17,19-20,23-26,29-32,35-38,71H,4-6,9,12-15,18,21-22,27-28,33-34,39-70H2,1-3H3/b10-7-,11-8-,19-16-,20-17-,25-23-,26-24-,31-29-,32-30-,37-35-,38-36-. The van der Waals surface area contributed by atoms with Crippen molar-refractivity contribution in [1.82, 2.24) is 0 Å². The molecule has 1 atom stereocenters. The molecule has 6 heteroatoms. The molecule has 0 aromatic carbocycles. The SMILES string of the molecule is CC/C=C\C/C=C\C/C=C\C/C=C\C/C=C\CCCCCCCCCCCCCC(=O)OCC(COC(=O)CCCCCCCCCC)OC(=O)CCCCCCCCCCCCC/C=C\C/C=C\C/C=C\C/C=C\C/C=C\CC. The van der Waals surface area contributed by atoms with Gasteiger partial charge in [-0.1, -0.05) is 303 Å². The lowest BCUT2D eigenvalue weighted by Gasteiger charge is -2.18. The predicted octanol–water partition coefficient (Wildman–Crippen LogP) is 23.2. The van der Waals surface area contributed by atoms with Crippen molar-refractivity contribution in [2.24, 2.45) is 0 Å². The zero-order valence-corrected chi connectivity index (χ0v) is 52.3. The minimum absolute atomic E-state index is 0.0791. The smallest absolute Gasteiger partial charge is 0.306 e. The van der Waals surface area contributed by atoms with E-state index < -0.39 is 6.10 Å². The van der Waals surface area contributed by atoms with Gasteiger partial charge >= 0.3 is 17.9 Å². The Balaban J connectivity index is 4.17. The number of unbranched alkanes of at least 4 members (excludes halogenated alkanes) is 29. The average Bonchev–Trinajstić information content (AvgIpc) is 3.46. The molecule has 80 heavy (non-hydrogen) atoms. The Hall–Kier alpha value is -4.19. The second-order valence-electron chi connectivity index (χ2n) is 22.0. The highest BCUT2D eigenvalue weighted by atomic mass is 16.6. The molecule has 456 valence electrons. The summed E-state index contributed by atoms with van der Waals surface area (Å²) in [7, 11) is 0. The first kappa shape index (κ1) is 75.8. The molecule has 0 amide bonds. The molecule has 0 fully saturated rings. The fourth-order valence-corrected chi connectivity index (χ4v) is 9.26. The van der Waals surface area contributed by atoms with Crippen molar-refractivity contribution >= 4 is 17.9 Å². The summed E-state index contributed by atoms with van der Waals surface area (Å²) in [6, 6.07) is 0. The molecule has 1 unspecified atom stereocenters. The van der Waals surface area contributed by atoms with Crippen molar-refractivity contribution in [3.8, 4) is 0 Å². The summed E-state index contributed by atoms with van der Waals surface area (Å²) in [6.45, 7) is 6.40. The average molecular weight is 1110 g/mol. The maximum absolute atomic E-state index is 12.9. The van der Waals surface area contributed by atoms with Crippen molar-refractivity contribution in [2.45, 2.75) is 316 Å². The van der Waals surface area contributed by atoms with Crippen molar-refractivity contribution in [1.29, 1.82) is 0 Å². The van der Waals surface area contributed by atoms with E-state index in [-0.39, 0.29) is 31.1 Å². The van der Waals surface area contributed by atoms with Gasteiger partial charge in [-0.05, 0) is 109 Å². The number of hydrogen-bond donors (Lipinski definition) is 0. The van der Waals surface area contributed by atoms with E-state index in [1.54, 1.807) is 0 Å². The van der Waals surface area contributed by atoms with Gasteiger partial charge < -0.3 is 14.2 Å². The molecule has 0 aromatic rings. The first-order chi connectivity index (χ1) is 39.5. The predicted molar refractivity (Wildman–Crippen MR) is 348 cm³/mol. The topological polar surface area (TPSA) is 78.9 Å². The Morgan fingerprint density at radius 1 is 0.263 bits per heavy atom. The second-order valence-corrected chi connectivity index (χ2v) is 22.0. The van der Waals surface area contributed by atoms with Crippen LogP contribution in [0, 0.1) is 0 Å². The Morgan fingerprint density at radius 2 is 0.487 bits per heavy atom. The van der Waals surface area contributed by atoms with Gasteiger partial charge in [-0.15, -0.1) is 0 Å². The van der Waals surface area contributed by atoms with Crippen molar-refractivity contribution in [2.75, 3.05) is 13.2 Å². The summed E-state index contributed by atoms with van der Waals surface area (Å²) in [5.41, 5.74) is 0. The molecule has 0 aliphatic carbocycles. The third kappa shape index (κ3) is 64.6. The van der Waals surface area contributed by atoms with Gasteiger partial charge in [0.15, 0.2) is 6.10 Å². The number of carbonyl (C=O) groups excluding carboxylic acids is 3. The highest BCUT2D eigenvalue weighted by Crippen LogP contribution is 2.16. The molecule has 0 radical (unpaired) electrons. The molecule has 0 aromatic heterocycles. The van der Waals surface area contributed by atoms with E-state index in [2.05, 4.69) is 142 Å². The lowest BCUT2D eigenvalue weighted by molar-refractivity contribution is -0.167. The minimum atomic E-state index is -0.782. The van der Waals surface area contributed by atoms with E-state index in [1.165, 1.54) is 148 Å². The van der Waals surface area contributed by atoms with E-state index in [0.717, 1.165) is 122 Å². The lowest BCUT2D eigenvalue weighted by atomic mass is 10.0. The molecule has 0 N–H and O–H groups in total. The third-order valence-electron chi connectivity index (χ3n) is 14.2. The van der Waals surface area contributed by atoms with Crippen LogP contribution in [0.3, 0.4) is 0 Å². The molecule has 0 aliphatic heterocycles. The van der Waals surface area contributed by atoms with Gasteiger partial charge in [0.1, 0.15) is 13.2 Å². The molecule has 0 heterocycles. The highest BCUT2D eigenvalue weighted by Gasteiger charge is 2.19. The fraction of sp³-hybridized carbons (Fsp3) is 0.689. The van der Waals surface area contributed by atoms with Crippen LogP contribution in [0.2, 0.25) is 0 Å². The number of carbonyl (C=O) groups is 3. The van der Waals surface area contributed by atoms with Crippen LogP contribution in [0.4, 0.5) is 0 Å². The summed E-state index contributed by atoms with van der Waals surface area (Å²) < 4.78 is 16.9. The van der Waals surface area contributed by atoms with Crippen LogP contribution in [-0.2, 0) is 28.6 Å². The summed E-state index contributed by atoms with van der Waals surface area (Å²) in [4.78, 5) is 38.2. The van der Waals surface area contributed by atoms with Gasteiger partial charge in [0.25, 0.3) is 0 Å². The second kappa shape index (κ2) is 67.3. The molecule has 0 saturated heterocycles. The Kier molecular flexibility index (Phi) is 63.8. The monoisotopic (exact) mass is 1110 g/mol. The third-order valence-corrected chi connectivity index (χ3v) is 14.2. The lowest BCUT2D eigenvalue weighted by Crippen LogP contribution is -2.30. The van der Waals surface area contributed by atoms with Crippen molar-refractivity contribution < 1.29 is 28.6 Å². The molecular weight excluding hydrogens is 985 g/mol. The maximum Gasteiger partial charge on any atom is 0.306 e. The highest BCUT2D eigenvalue weighted by molar-refractivity contribution is 5.71. The fourth-order valence-electron chi connectivity index (χ4n) is 9.26. The molecule has 0 rings (SSSR count). The van der Waals surface area contributed by atoms with Crippen LogP contribution >= 0.6 is 0 Å². The van der Waals surface area contributed by atoms with E-state index >= 15 is 0 Å². The number of allylic oxidation sites excluding steroid dienone is 20. The Labute approximate surface area is 494 Å². The quantitative estimate of drug-likeness (QED) is 0.0261. The molecule has 0 spiro atoms. The number of hydrogen-bond acceptors (Lipinski definition) is 6. The van der Waals surface area contributed by atoms with Crippen molar-refractivity contribution in [3.05, 3.63) is 122 Å². The van der Waals surface area contributed by atoms with E-state index in [4.69, 9.17) is 14.2 Å². The number of ether oxygens (including phenoxy) is 3. The maximum atomic E-state index is 12.9. The summed E-state index contributed by atoms with van der Waals surface area (Å²) in [5, 5.41) is 0. The van der Waals surface area contributed by atoms with Gasteiger partial charge in [-0.2, -0.15) is 0 Å². The van der Waals surface area contributed by atoms with Crippen LogP contribution in [0.5, 0.6) is 0 Å². The van der Waals surface area contributed by atoms with Crippen LogP contribution in [0.25, 0.3) is 0 Å². The minimum Gasteiger partial charge on any atom is -0.462 e. The van der Waals surface area contributed by atoms with Gasteiger partial charge in [-0.25, -0.2) is 0 Å². The van der Waals surface area contributed by atoms with E-state index in [1.807, 2.05) is 0 Å². The largest absolute Gasteiger partial charge is 0.462 e. The summed E-state index contributed by atoms with van der Waals surface area (Å²) in [6.07, 6.45) is 93.7. The zero-order valence-electron chi connectivity index (χ0n) is 52.3. The molecule has 0 aliphatic rings. The molecule has 0 bridgehead atoms. The molecular formula is C74H124O6. The van der Waals surface area contributed by atoms with Crippen molar-refractivity contribution in [3.63, 3.8) is 0 Å².